The van der Waals surface area contributed by atoms with E-state index in [0.29, 0.717) is 10.6 Å². The number of alkyl halides is 2. The molecular formula is C19H16BrClF2N2. The van der Waals surface area contributed by atoms with Crippen LogP contribution in [0.15, 0.2) is 40.9 Å². The van der Waals surface area contributed by atoms with Gasteiger partial charge in [-0.15, -0.1) is 0 Å². The molecule has 2 atom stereocenters. The molecular weight excluding hydrogens is 410 g/mol. The molecule has 0 saturated heterocycles. The summed E-state index contributed by atoms with van der Waals surface area (Å²) < 4.78 is 29.3. The van der Waals surface area contributed by atoms with Crippen molar-refractivity contribution < 1.29 is 8.78 Å². The number of halogens is 4. The molecule has 2 nitrogen and oxygen atoms in total. The Balaban J connectivity index is 1.93. The molecule has 0 amide bonds. The van der Waals surface area contributed by atoms with Gasteiger partial charge in [-0.05, 0) is 41.8 Å². The van der Waals surface area contributed by atoms with Gasteiger partial charge in [0.1, 0.15) is 5.82 Å². The van der Waals surface area contributed by atoms with E-state index in [1.165, 1.54) is 0 Å². The van der Waals surface area contributed by atoms with Crippen molar-refractivity contribution in [2.45, 2.75) is 38.2 Å². The molecule has 0 saturated carbocycles. The molecule has 0 bridgehead atoms. The predicted octanol–water partition coefficient (Wildman–Crippen LogP) is 6.36. The third-order valence-electron chi connectivity index (χ3n) is 4.86. The van der Waals surface area contributed by atoms with Crippen LogP contribution in [0.2, 0.25) is 5.02 Å². The number of benzene rings is 2. The number of rotatable bonds is 3. The molecule has 0 N–H and O–H groups in total. The summed E-state index contributed by atoms with van der Waals surface area (Å²) in [6.07, 6.45) is -1.87. The Bertz CT molecular complexity index is 954. The first-order valence-electron chi connectivity index (χ1n) is 8.18. The Morgan fingerprint density at radius 1 is 1.32 bits per heavy atom. The van der Waals surface area contributed by atoms with E-state index in [2.05, 4.69) is 27.4 Å². The minimum Gasteiger partial charge on any atom is -0.320 e. The van der Waals surface area contributed by atoms with Crippen LogP contribution in [0.4, 0.5) is 8.78 Å². The number of nitrogens with zero attached hydrogens (tertiary/aromatic N) is 2. The second-order valence-corrected chi connectivity index (χ2v) is 7.86. The fourth-order valence-corrected chi connectivity index (χ4v) is 4.52. The number of hydrogen-bond acceptors (Lipinski definition) is 1. The Hall–Kier alpha value is -1.46. The van der Waals surface area contributed by atoms with Crippen LogP contribution < -0.4 is 0 Å². The molecule has 25 heavy (non-hydrogen) atoms. The lowest BCUT2D eigenvalue weighted by molar-refractivity contribution is 0.148. The quantitative estimate of drug-likeness (QED) is 0.477. The molecule has 0 fully saturated rings. The molecule has 0 spiro atoms. The highest BCUT2D eigenvalue weighted by molar-refractivity contribution is 9.10. The van der Waals surface area contributed by atoms with E-state index in [-0.39, 0.29) is 18.4 Å². The van der Waals surface area contributed by atoms with Crippen molar-refractivity contribution in [3.63, 3.8) is 0 Å². The zero-order chi connectivity index (χ0) is 17.7. The summed E-state index contributed by atoms with van der Waals surface area (Å²) in [5.74, 6) is 1.23. The standard InChI is InChI=1S/C19H16BrClF2N2/c1-10-7-16(18-11(8-17(22)23)3-2-4-13(18)21)25-15-9-12(20)5-6-14(15)24-19(10)25/h2-6,9-10,16-17H,7-8H2,1H3/t10-,16-/m1/s1. The Morgan fingerprint density at radius 2 is 2.12 bits per heavy atom. The van der Waals surface area contributed by atoms with Crippen LogP contribution in [-0.2, 0) is 6.42 Å². The SMILES string of the molecule is C[C@@H]1C[C@H](c2c(Cl)cccc2CC(F)F)n2c1nc1ccc(Br)cc12. The predicted molar refractivity (Wildman–Crippen MR) is 99.8 cm³/mol. The second kappa shape index (κ2) is 6.36. The first-order chi connectivity index (χ1) is 12.0. The van der Waals surface area contributed by atoms with E-state index in [0.717, 1.165) is 33.3 Å². The number of hydrogen-bond donors (Lipinski definition) is 0. The minimum atomic E-state index is -2.40. The van der Waals surface area contributed by atoms with Gasteiger partial charge in [-0.25, -0.2) is 13.8 Å². The third kappa shape index (κ3) is 2.87. The summed E-state index contributed by atoms with van der Waals surface area (Å²) in [5.41, 5.74) is 3.33. The average Bonchev–Trinajstić information content (AvgIpc) is 3.05. The molecule has 6 heteroatoms. The van der Waals surface area contributed by atoms with Crippen molar-refractivity contribution in [1.82, 2.24) is 9.55 Å². The third-order valence-corrected chi connectivity index (χ3v) is 5.68. The molecule has 0 unspecified atom stereocenters. The molecule has 0 radical (unpaired) electrons. The molecule has 2 heterocycles. The van der Waals surface area contributed by atoms with Crippen molar-refractivity contribution in [2.24, 2.45) is 0 Å². The van der Waals surface area contributed by atoms with Crippen molar-refractivity contribution in [3.8, 4) is 0 Å². The Morgan fingerprint density at radius 3 is 2.88 bits per heavy atom. The van der Waals surface area contributed by atoms with Crippen LogP contribution >= 0.6 is 27.5 Å². The summed E-state index contributed by atoms with van der Waals surface area (Å²) >= 11 is 9.98. The van der Waals surface area contributed by atoms with E-state index >= 15 is 0 Å². The zero-order valence-corrected chi connectivity index (χ0v) is 15.9. The fraction of sp³-hybridized carbons (Fsp3) is 0.316. The zero-order valence-electron chi connectivity index (χ0n) is 13.5. The lowest BCUT2D eigenvalue weighted by Crippen LogP contribution is -2.11. The van der Waals surface area contributed by atoms with Gasteiger partial charge in [-0.2, -0.15) is 0 Å². The topological polar surface area (TPSA) is 17.8 Å². The van der Waals surface area contributed by atoms with Crippen LogP contribution in [0.5, 0.6) is 0 Å². The van der Waals surface area contributed by atoms with E-state index in [1.54, 1.807) is 18.2 Å². The van der Waals surface area contributed by atoms with Gasteiger partial charge in [0.2, 0.25) is 6.43 Å². The molecule has 1 aliphatic rings. The summed E-state index contributed by atoms with van der Waals surface area (Å²) in [5, 5.41) is 0.542. The highest BCUT2D eigenvalue weighted by Crippen LogP contribution is 2.45. The van der Waals surface area contributed by atoms with Gasteiger partial charge in [-0.1, -0.05) is 46.6 Å². The first-order valence-corrected chi connectivity index (χ1v) is 9.35. The number of aromatic nitrogens is 2. The minimum absolute atomic E-state index is 0.0771. The van der Waals surface area contributed by atoms with Crippen LogP contribution in [0.3, 0.4) is 0 Å². The number of fused-ring (bicyclic) bond motifs is 3. The lowest BCUT2D eigenvalue weighted by Gasteiger charge is -2.20. The normalized spacial score (nSPS) is 19.8. The van der Waals surface area contributed by atoms with Gasteiger partial charge < -0.3 is 4.57 Å². The van der Waals surface area contributed by atoms with Gasteiger partial charge in [0.05, 0.1) is 17.1 Å². The smallest absolute Gasteiger partial charge is 0.242 e. The molecule has 1 aliphatic heterocycles. The maximum absolute atomic E-state index is 13.1. The maximum Gasteiger partial charge on any atom is 0.242 e. The highest BCUT2D eigenvalue weighted by Gasteiger charge is 2.34. The molecule has 2 aromatic carbocycles. The van der Waals surface area contributed by atoms with Gasteiger partial charge in [0.15, 0.2) is 0 Å². The monoisotopic (exact) mass is 424 g/mol. The highest BCUT2D eigenvalue weighted by atomic mass is 79.9. The summed E-state index contributed by atoms with van der Waals surface area (Å²) in [7, 11) is 0. The van der Waals surface area contributed by atoms with Crippen molar-refractivity contribution in [3.05, 3.63) is 62.8 Å². The van der Waals surface area contributed by atoms with Crippen LogP contribution in [0, 0.1) is 0 Å². The van der Waals surface area contributed by atoms with Gasteiger partial charge in [0, 0.05) is 21.8 Å². The molecule has 3 aromatic rings. The van der Waals surface area contributed by atoms with Gasteiger partial charge >= 0.3 is 0 Å². The molecule has 1 aromatic heterocycles. The Labute approximate surface area is 157 Å². The van der Waals surface area contributed by atoms with Gasteiger partial charge in [-0.3, -0.25) is 0 Å². The van der Waals surface area contributed by atoms with Crippen LogP contribution in [0.25, 0.3) is 11.0 Å². The Kier molecular flexibility index (Phi) is 4.32. The fourth-order valence-electron chi connectivity index (χ4n) is 3.85. The van der Waals surface area contributed by atoms with Crippen molar-refractivity contribution in [1.29, 1.82) is 0 Å². The first kappa shape index (κ1) is 17.0. The summed E-state index contributed by atoms with van der Waals surface area (Å²) in [6, 6.07) is 11.2. The number of imidazole rings is 1. The average molecular weight is 426 g/mol. The van der Waals surface area contributed by atoms with E-state index < -0.39 is 6.43 Å². The molecule has 0 aliphatic carbocycles. The molecule has 130 valence electrons. The van der Waals surface area contributed by atoms with Crippen molar-refractivity contribution >= 4 is 38.6 Å². The maximum atomic E-state index is 13.1. The van der Waals surface area contributed by atoms with E-state index in [4.69, 9.17) is 16.6 Å². The van der Waals surface area contributed by atoms with Crippen LogP contribution in [0.1, 0.15) is 42.3 Å². The largest absolute Gasteiger partial charge is 0.320 e. The summed E-state index contributed by atoms with van der Waals surface area (Å²) in [4.78, 5) is 4.76. The lowest BCUT2D eigenvalue weighted by atomic mass is 9.94. The molecule has 4 rings (SSSR count). The van der Waals surface area contributed by atoms with E-state index in [1.807, 2.05) is 18.2 Å². The van der Waals surface area contributed by atoms with Crippen LogP contribution in [-0.4, -0.2) is 16.0 Å². The van der Waals surface area contributed by atoms with Gasteiger partial charge in [0.25, 0.3) is 0 Å². The second-order valence-electron chi connectivity index (χ2n) is 6.53. The van der Waals surface area contributed by atoms with E-state index in [9.17, 15) is 8.78 Å². The summed E-state index contributed by atoms with van der Waals surface area (Å²) in [6.45, 7) is 2.12. The van der Waals surface area contributed by atoms with Crippen molar-refractivity contribution in [2.75, 3.05) is 0 Å².